The van der Waals surface area contributed by atoms with Gasteiger partial charge in [0.25, 0.3) is 0 Å². The molecule has 0 bridgehead atoms. The van der Waals surface area contributed by atoms with Gasteiger partial charge >= 0.3 is 5.97 Å². The molecule has 2 aromatic heterocycles. The highest BCUT2D eigenvalue weighted by molar-refractivity contribution is 5.88. The zero-order valence-corrected chi connectivity index (χ0v) is 15.8. The molecule has 0 radical (unpaired) electrons. The maximum absolute atomic E-state index is 13.3. The number of hydrogen-bond acceptors (Lipinski definition) is 3. The van der Waals surface area contributed by atoms with E-state index in [1.807, 2.05) is 9.25 Å². The number of halogens is 1. The number of aromatic nitrogens is 3. The van der Waals surface area contributed by atoms with E-state index in [0.29, 0.717) is 12.2 Å². The highest BCUT2D eigenvalue weighted by Gasteiger charge is 2.35. The molecule has 3 heterocycles. The summed E-state index contributed by atoms with van der Waals surface area (Å²) in [5.41, 5.74) is 1.88. The lowest BCUT2D eigenvalue weighted by molar-refractivity contribution is 0.0693. The van der Waals surface area contributed by atoms with Crippen molar-refractivity contribution in [3.05, 3.63) is 64.3 Å². The molecule has 0 unspecified atom stereocenters. The van der Waals surface area contributed by atoms with E-state index in [9.17, 15) is 19.1 Å². The maximum Gasteiger partial charge on any atom is 0.341 e. The molecule has 6 nitrogen and oxygen atoms in total. The second kappa shape index (κ2) is 6.15. The van der Waals surface area contributed by atoms with E-state index >= 15 is 0 Å². The number of fused-ring (bicyclic) bond motifs is 3. The summed E-state index contributed by atoms with van der Waals surface area (Å²) in [7, 11) is 0. The minimum Gasteiger partial charge on any atom is -0.477 e. The van der Waals surface area contributed by atoms with Gasteiger partial charge in [0, 0.05) is 17.8 Å². The summed E-state index contributed by atoms with van der Waals surface area (Å²) >= 11 is 0. The number of aromatic carboxylic acids is 1. The monoisotopic (exact) mass is 381 g/mol. The third-order valence-electron chi connectivity index (χ3n) is 5.23. The highest BCUT2D eigenvalue weighted by Crippen LogP contribution is 2.42. The molecule has 0 saturated carbocycles. The molecule has 1 aliphatic heterocycles. The lowest BCUT2D eigenvalue weighted by Crippen LogP contribution is -2.35. The summed E-state index contributed by atoms with van der Waals surface area (Å²) in [5, 5.41) is 13.9. The van der Waals surface area contributed by atoms with Crippen LogP contribution in [0, 0.1) is 11.2 Å². The van der Waals surface area contributed by atoms with Crippen LogP contribution >= 0.6 is 0 Å². The minimum absolute atomic E-state index is 0.0883. The van der Waals surface area contributed by atoms with Gasteiger partial charge in [-0.15, -0.1) is 0 Å². The Bertz CT molecular complexity index is 1140. The summed E-state index contributed by atoms with van der Waals surface area (Å²) in [6.45, 7) is 6.73. The first kappa shape index (κ1) is 18.2. The fraction of sp³-hybridized carbons (Fsp3) is 0.286. The van der Waals surface area contributed by atoms with Crippen molar-refractivity contribution >= 4 is 5.97 Å². The number of pyridine rings is 1. The van der Waals surface area contributed by atoms with Crippen LogP contribution in [0.4, 0.5) is 4.39 Å². The minimum atomic E-state index is -1.24. The van der Waals surface area contributed by atoms with Gasteiger partial charge in [0.15, 0.2) is 5.43 Å². The Morgan fingerprint density at radius 1 is 1.25 bits per heavy atom. The van der Waals surface area contributed by atoms with Crippen LogP contribution in [0.3, 0.4) is 0 Å². The van der Waals surface area contributed by atoms with Crippen molar-refractivity contribution in [1.82, 2.24) is 14.3 Å². The quantitative estimate of drug-likeness (QED) is 0.732. The first-order valence-corrected chi connectivity index (χ1v) is 8.98. The van der Waals surface area contributed by atoms with Crippen LogP contribution in [0.5, 0.6) is 0 Å². The molecule has 1 N–H and O–H groups in total. The van der Waals surface area contributed by atoms with E-state index in [2.05, 4.69) is 25.9 Å². The molecule has 0 aliphatic carbocycles. The van der Waals surface area contributed by atoms with Crippen molar-refractivity contribution < 1.29 is 14.3 Å². The predicted octanol–water partition coefficient (Wildman–Crippen LogP) is 3.82. The molecule has 0 spiro atoms. The fourth-order valence-corrected chi connectivity index (χ4v) is 3.74. The topological polar surface area (TPSA) is 77.1 Å². The van der Waals surface area contributed by atoms with Gasteiger partial charge in [-0.1, -0.05) is 32.9 Å². The average molecular weight is 381 g/mol. The van der Waals surface area contributed by atoms with Gasteiger partial charge in [0.2, 0.25) is 0 Å². The van der Waals surface area contributed by atoms with E-state index < -0.39 is 11.4 Å². The van der Waals surface area contributed by atoms with Gasteiger partial charge in [-0.2, -0.15) is 5.10 Å². The molecule has 1 atom stereocenters. The fourth-order valence-electron chi connectivity index (χ4n) is 3.74. The molecule has 1 aliphatic rings. The smallest absolute Gasteiger partial charge is 0.341 e. The molecule has 7 heteroatoms. The van der Waals surface area contributed by atoms with E-state index in [4.69, 9.17) is 0 Å². The van der Waals surface area contributed by atoms with Gasteiger partial charge in [-0.25, -0.2) is 9.18 Å². The van der Waals surface area contributed by atoms with Gasteiger partial charge in [0.05, 0.1) is 30.2 Å². The summed E-state index contributed by atoms with van der Waals surface area (Å²) in [5.74, 6) is -1.58. The average Bonchev–Trinajstić information content (AvgIpc) is 3.04. The molecule has 0 amide bonds. The van der Waals surface area contributed by atoms with Crippen molar-refractivity contribution in [2.24, 2.45) is 5.41 Å². The normalized spacial score (nSPS) is 15.8. The number of nitrogens with zero attached hydrogens (tertiary/aromatic N) is 3. The van der Waals surface area contributed by atoms with Gasteiger partial charge in [-0.05, 0) is 23.1 Å². The van der Waals surface area contributed by atoms with Crippen LogP contribution in [0.2, 0.25) is 0 Å². The largest absolute Gasteiger partial charge is 0.477 e. The first-order chi connectivity index (χ1) is 13.2. The van der Waals surface area contributed by atoms with E-state index in [1.165, 1.54) is 24.4 Å². The second-order valence-electron chi connectivity index (χ2n) is 8.13. The summed E-state index contributed by atoms with van der Waals surface area (Å²) < 4.78 is 17.0. The van der Waals surface area contributed by atoms with Crippen LogP contribution in [-0.2, 0) is 6.54 Å². The molecular weight excluding hydrogens is 361 g/mol. The van der Waals surface area contributed by atoms with Crippen LogP contribution in [0.25, 0.3) is 22.5 Å². The number of benzene rings is 1. The Kier molecular flexibility index (Phi) is 3.99. The Labute approximate surface area is 160 Å². The van der Waals surface area contributed by atoms with Crippen LogP contribution in [0.15, 0.2) is 47.5 Å². The predicted molar refractivity (Wildman–Crippen MR) is 103 cm³/mol. The summed E-state index contributed by atoms with van der Waals surface area (Å²) in [6, 6.07) is 7.35. The van der Waals surface area contributed by atoms with Crippen LogP contribution in [-0.4, -0.2) is 25.4 Å². The van der Waals surface area contributed by atoms with Gasteiger partial charge in [0.1, 0.15) is 11.4 Å². The van der Waals surface area contributed by atoms with Crippen molar-refractivity contribution in [2.45, 2.75) is 33.4 Å². The molecule has 1 aromatic carbocycles. The molecule has 3 aromatic rings. The SMILES string of the molecule is CC(C)(C)[C@@H]1Cn2ncc(-c3ccc(F)cc3)c2-c2cc(=O)c(C(=O)O)cn21. The number of rotatable bonds is 2. The molecule has 0 saturated heterocycles. The Morgan fingerprint density at radius 3 is 2.54 bits per heavy atom. The lowest BCUT2D eigenvalue weighted by Gasteiger charge is -2.38. The Balaban J connectivity index is 2.00. The first-order valence-electron chi connectivity index (χ1n) is 8.98. The second-order valence-corrected chi connectivity index (χ2v) is 8.13. The van der Waals surface area contributed by atoms with Crippen LogP contribution < -0.4 is 5.43 Å². The standard InChI is InChI=1S/C21H20FN3O3/c1-21(2,3)18-11-25-19(14(9-23-25)12-4-6-13(22)7-5-12)16-8-17(26)15(20(27)28)10-24(16)18/h4-10,18H,11H2,1-3H3,(H,27,28)/t18-/m0/s1. The molecule has 144 valence electrons. The molecule has 0 fully saturated rings. The van der Waals surface area contributed by atoms with E-state index in [-0.39, 0.29) is 22.8 Å². The number of carboxylic acids is 1. The van der Waals surface area contributed by atoms with Crippen LogP contribution in [0.1, 0.15) is 37.2 Å². The molecule has 4 rings (SSSR count). The zero-order chi connectivity index (χ0) is 20.2. The molecule has 28 heavy (non-hydrogen) atoms. The van der Waals surface area contributed by atoms with Crippen molar-refractivity contribution in [3.63, 3.8) is 0 Å². The van der Waals surface area contributed by atoms with Crippen molar-refractivity contribution in [1.29, 1.82) is 0 Å². The van der Waals surface area contributed by atoms with E-state index in [1.54, 1.807) is 18.3 Å². The van der Waals surface area contributed by atoms with E-state index in [0.717, 1.165) is 16.8 Å². The van der Waals surface area contributed by atoms with Gasteiger partial charge < -0.3 is 9.67 Å². The van der Waals surface area contributed by atoms with Crippen molar-refractivity contribution in [3.8, 4) is 22.5 Å². The van der Waals surface area contributed by atoms with Crippen molar-refractivity contribution in [2.75, 3.05) is 0 Å². The maximum atomic E-state index is 13.3. The molecular formula is C21H20FN3O3. The third kappa shape index (κ3) is 2.83. The number of hydrogen-bond donors (Lipinski definition) is 1. The summed E-state index contributed by atoms with van der Waals surface area (Å²) in [6.07, 6.45) is 3.13. The third-order valence-corrected chi connectivity index (χ3v) is 5.23. The Hall–Kier alpha value is -3.22. The lowest BCUT2D eigenvalue weighted by atomic mass is 9.84. The van der Waals surface area contributed by atoms with Gasteiger partial charge in [-0.3, -0.25) is 9.48 Å². The number of carbonyl (C=O) groups is 1. The zero-order valence-electron chi connectivity index (χ0n) is 15.8. The highest BCUT2D eigenvalue weighted by atomic mass is 19.1. The number of carboxylic acid groups (broad SMARTS) is 1. The summed E-state index contributed by atoms with van der Waals surface area (Å²) in [4.78, 5) is 24.0. The Morgan fingerprint density at radius 2 is 1.93 bits per heavy atom.